The minimum absolute atomic E-state index is 0.0147. The number of carbonyl (C=O) groups excluding carboxylic acids is 2. The van der Waals surface area contributed by atoms with E-state index in [0.717, 1.165) is 49.6 Å². The fourth-order valence-corrected chi connectivity index (χ4v) is 6.08. The SMILES string of the molecule is CC(C)(N)C(=O)N1CCN(C(=O)Nc2ccn(-c3ccc(CN(CC4CC4)C4CCC(N)CC4)c(OC(F)(F)F)c3)c(=O)n2)CC1. The summed E-state index contributed by atoms with van der Waals surface area (Å²) in [5.74, 6) is -0.0556. The molecule has 12 nitrogen and oxygen atoms in total. The van der Waals surface area contributed by atoms with Gasteiger partial charge in [0.05, 0.1) is 11.2 Å². The third-order valence-electron chi connectivity index (χ3n) is 8.82. The lowest BCUT2D eigenvalue weighted by molar-refractivity contribution is -0.275. The van der Waals surface area contributed by atoms with Crippen molar-refractivity contribution in [2.45, 2.75) is 82.9 Å². The van der Waals surface area contributed by atoms with Gasteiger partial charge < -0.3 is 26.0 Å². The van der Waals surface area contributed by atoms with Gasteiger partial charge in [-0.25, -0.2) is 9.59 Å². The molecule has 15 heteroatoms. The van der Waals surface area contributed by atoms with Crippen LogP contribution in [0, 0.1) is 5.92 Å². The summed E-state index contributed by atoms with van der Waals surface area (Å²) in [7, 11) is 0. The molecule has 1 aliphatic heterocycles. The summed E-state index contributed by atoms with van der Waals surface area (Å²) < 4.78 is 46.2. The number of urea groups is 1. The van der Waals surface area contributed by atoms with Crippen LogP contribution >= 0.6 is 0 Å². The number of nitrogens with two attached hydrogens (primary N) is 2. The molecule has 1 aromatic carbocycles. The molecule has 0 radical (unpaired) electrons. The van der Waals surface area contributed by atoms with E-state index in [1.165, 1.54) is 23.2 Å². The Labute approximate surface area is 265 Å². The Morgan fingerprint density at radius 2 is 1.67 bits per heavy atom. The Balaban J connectivity index is 1.29. The van der Waals surface area contributed by atoms with E-state index in [4.69, 9.17) is 11.5 Å². The maximum atomic E-state index is 13.5. The molecule has 0 bridgehead atoms. The Morgan fingerprint density at radius 1 is 1.02 bits per heavy atom. The molecule has 2 aromatic rings. The summed E-state index contributed by atoms with van der Waals surface area (Å²) in [5, 5.41) is 2.58. The summed E-state index contributed by atoms with van der Waals surface area (Å²) in [4.78, 5) is 47.5. The maximum absolute atomic E-state index is 13.5. The molecule has 3 fully saturated rings. The van der Waals surface area contributed by atoms with Crippen molar-refractivity contribution in [3.05, 3.63) is 46.5 Å². The molecule has 252 valence electrons. The average Bonchev–Trinajstić information content (AvgIpc) is 3.81. The van der Waals surface area contributed by atoms with Crippen molar-refractivity contribution in [1.82, 2.24) is 24.3 Å². The normalized spacial score (nSPS) is 21.0. The van der Waals surface area contributed by atoms with Crippen LogP contribution < -0.4 is 27.2 Å². The number of halogens is 3. The summed E-state index contributed by atoms with van der Waals surface area (Å²) in [6.07, 6.45) is 2.20. The number of ether oxygens (including phenoxy) is 1. The van der Waals surface area contributed by atoms with E-state index in [1.54, 1.807) is 30.9 Å². The third-order valence-corrected chi connectivity index (χ3v) is 8.82. The van der Waals surface area contributed by atoms with Gasteiger partial charge >= 0.3 is 18.1 Å². The predicted molar refractivity (Wildman–Crippen MR) is 165 cm³/mol. The fraction of sp³-hybridized carbons (Fsp3) is 0.613. The highest BCUT2D eigenvalue weighted by molar-refractivity contribution is 5.89. The number of nitrogens with one attached hydrogen (secondary N) is 1. The van der Waals surface area contributed by atoms with Crippen molar-refractivity contribution in [3.63, 3.8) is 0 Å². The molecular formula is C31H43F3N8O4. The minimum Gasteiger partial charge on any atom is -0.405 e. The first-order chi connectivity index (χ1) is 21.7. The van der Waals surface area contributed by atoms with Gasteiger partial charge in [0.25, 0.3) is 0 Å². The number of rotatable bonds is 9. The molecule has 3 aliphatic rings. The van der Waals surface area contributed by atoms with Crippen molar-refractivity contribution in [2.75, 3.05) is 38.0 Å². The number of hydrogen-bond donors (Lipinski definition) is 3. The van der Waals surface area contributed by atoms with E-state index in [-0.39, 0.29) is 54.9 Å². The molecule has 5 rings (SSSR count). The van der Waals surface area contributed by atoms with Crippen LogP contribution in [0.4, 0.5) is 23.8 Å². The highest BCUT2D eigenvalue weighted by atomic mass is 19.4. The van der Waals surface area contributed by atoms with E-state index in [9.17, 15) is 27.6 Å². The molecule has 2 saturated carbocycles. The molecule has 3 amide bonds. The summed E-state index contributed by atoms with van der Waals surface area (Å²) >= 11 is 0. The minimum atomic E-state index is -4.93. The Bertz CT molecular complexity index is 1460. The Kier molecular flexibility index (Phi) is 9.94. The highest BCUT2D eigenvalue weighted by Crippen LogP contribution is 2.35. The lowest BCUT2D eigenvalue weighted by Crippen LogP contribution is -2.58. The number of hydrogen-bond acceptors (Lipinski definition) is 8. The molecule has 46 heavy (non-hydrogen) atoms. The van der Waals surface area contributed by atoms with Gasteiger partial charge in [0.2, 0.25) is 5.91 Å². The van der Waals surface area contributed by atoms with Gasteiger partial charge in [-0.2, -0.15) is 4.98 Å². The average molecular weight is 649 g/mol. The molecule has 0 unspecified atom stereocenters. The smallest absolute Gasteiger partial charge is 0.405 e. The monoisotopic (exact) mass is 648 g/mol. The number of anilines is 1. The second-order valence-electron chi connectivity index (χ2n) is 13.2. The lowest BCUT2D eigenvalue weighted by atomic mass is 9.90. The van der Waals surface area contributed by atoms with E-state index in [0.29, 0.717) is 24.6 Å². The quantitative estimate of drug-likeness (QED) is 0.376. The Morgan fingerprint density at radius 3 is 2.26 bits per heavy atom. The van der Waals surface area contributed by atoms with Crippen LogP contribution in [0.1, 0.15) is 57.9 Å². The van der Waals surface area contributed by atoms with Crippen LogP contribution in [-0.2, 0) is 11.3 Å². The molecule has 0 atom stereocenters. The van der Waals surface area contributed by atoms with Gasteiger partial charge in [0.15, 0.2) is 0 Å². The largest absolute Gasteiger partial charge is 0.573 e. The van der Waals surface area contributed by atoms with Crippen molar-refractivity contribution in [1.29, 1.82) is 0 Å². The second kappa shape index (κ2) is 13.6. The van der Waals surface area contributed by atoms with Crippen molar-refractivity contribution >= 4 is 17.8 Å². The number of piperazine rings is 1. The van der Waals surface area contributed by atoms with Crippen LogP contribution in [0.15, 0.2) is 35.3 Å². The van der Waals surface area contributed by atoms with Crippen LogP contribution in [-0.4, -0.2) is 92.9 Å². The lowest BCUT2D eigenvalue weighted by Gasteiger charge is -2.37. The Hall–Kier alpha value is -3.69. The van der Waals surface area contributed by atoms with Crippen molar-refractivity contribution in [3.8, 4) is 11.4 Å². The van der Waals surface area contributed by atoms with Gasteiger partial charge in [0.1, 0.15) is 11.6 Å². The van der Waals surface area contributed by atoms with E-state index < -0.39 is 23.6 Å². The highest BCUT2D eigenvalue weighted by Gasteiger charge is 2.35. The number of carbonyl (C=O) groups is 2. The standard InChI is InChI=1S/C31H43F3N8O4/c1-30(2,36)27(43)39-13-15-40(16-14-39)28(44)37-26-11-12-42(29(45)38-26)24-8-5-21(25(17-24)46-31(32,33)34)19-41(18-20-3-4-20)23-9-6-22(35)7-10-23/h5,8,11-12,17,20,22-23H,3-4,6-7,9-10,13-16,18-19,35-36H2,1-2H3,(H,37,38,44,45). The number of benzene rings is 1. The van der Waals surface area contributed by atoms with Crippen molar-refractivity contribution in [2.24, 2.45) is 17.4 Å². The van der Waals surface area contributed by atoms with E-state index >= 15 is 0 Å². The van der Waals surface area contributed by atoms with E-state index in [1.807, 2.05) is 0 Å². The van der Waals surface area contributed by atoms with Crippen LogP contribution in [0.3, 0.4) is 0 Å². The first kappa shape index (κ1) is 33.7. The first-order valence-corrected chi connectivity index (χ1v) is 15.8. The van der Waals surface area contributed by atoms with Gasteiger partial charge in [-0.05, 0) is 70.4 Å². The molecule has 5 N–H and O–H groups in total. The molecule has 1 saturated heterocycles. The van der Waals surface area contributed by atoms with Gasteiger partial charge in [-0.1, -0.05) is 6.07 Å². The topological polar surface area (TPSA) is 152 Å². The maximum Gasteiger partial charge on any atom is 0.573 e. The summed E-state index contributed by atoms with van der Waals surface area (Å²) in [6.45, 7) is 5.51. The van der Waals surface area contributed by atoms with Crippen LogP contribution in [0.25, 0.3) is 5.69 Å². The van der Waals surface area contributed by atoms with Gasteiger partial charge in [-0.3, -0.25) is 19.6 Å². The van der Waals surface area contributed by atoms with Crippen LogP contribution in [0.5, 0.6) is 5.75 Å². The van der Waals surface area contributed by atoms with Gasteiger partial charge in [-0.15, -0.1) is 13.2 Å². The summed E-state index contributed by atoms with van der Waals surface area (Å²) in [5.41, 5.74) is 10.7. The molecule has 2 heterocycles. The number of amides is 3. The number of alkyl halides is 3. The summed E-state index contributed by atoms with van der Waals surface area (Å²) in [6, 6.07) is 5.60. The zero-order valence-corrected chi connectivity index (χ0v) is 26.3. The molecule has 0 spiro atoms. The van der Waals surface area contributed by atoms with Gasteiger partial charge in [0, 0.05) is 69.2 Å². The predicted octanol–water partition coefficient (Wildman–Crippen LogP) is 3.03. The fourth-order valence-electron chi connectivity index (χ4n) is 6.08. The zero-order chi connectivity index (χ0) is 33.2. The van der Waals surface area contributed by atoms with E-state index in [2.05, 4.69) is 19.9 Å². The second-order valence-corrected chi connectivity index (χ2v) is 13.2. The van der Waals surface area contributed by atoms with Crippen LogP contribution in [0.2, 0.25) is 0 Å². The number of nitrogens with zero attached hydrogens (tertiary/aromatic N) is 5. The molecule has 1 aromatic heterocycles. The molecular weight excluding hydrogens is 605 g/mol. The number of aromatic nitrogens is 2. The third kappa shape index (κ3) is 8.76. The molecule has 2 aliphatic carbocycles. The first-order valence-electron chi connectivity index (χ1n) is 15.8. The van der Waals surface area contributed by atoms with Crippen molar-refractivity contribution < 1.29 is 27.5 Å². The zero-order valence-electron chi connectivity index (χ0n) is 26.3.